The highest BCUT2D eigenvalue weighted by Gasteiger charge is 2.25. The monoisotopic (exact) mass is 452 g/mol. The maximum atomic E-state index is 12.9. The minimum absolute atomic E-state index is 0.116. The molecule has 3 heterocycles. The number of aromatic nitrogens is 6. The van der Waals surface area contributed by atoms with Crippen molar-refractivity contribution in [2.75, 3.05) is 26.2 Å². The molecule has 174 valence electrons. The lowest BCUT2D eigenvalue weighted by atomic mass is 10.0. The van der Waals surface area contributed by atoms with Crippen molar-refractivity contribution in [3.05, 3.63) is 47.3 Å². The Kier molecular flexibility index (Phi) is 6.23. The number of aromatic amines is 1. The molecule has 3 aromatic rings. The molecule has 1 fully saturated rings. The molecular formula is C22H28N8O3. The Morgan fingerprint density at radius 2 is 1.88 bits per heavy atom. The Hall–Kier alpha value is -3.60. The Labute approximate surface area is 191 Å². The number of carbonyl (C=O) groups excluding carboxylic acids is 2. The fourth-order valence-electron chi connectivity index (χ4n) is 3.67. The van der Waals surface area contributed by atoms with Gasteiger partial charge in [0.1, 0.15) is 5.60 Å². The van der Waals surface area contributed by atoms with Gasteiger partial charge in [0, 0.05) is 44.5 Å². The summed E-state index contributed by atoms with van der Waals surface area (Å²) in [5.41, 5.74) is 2.72. The van der Waals surface area contributed by atoms with E-state index in [4.69, 9.17) is 4.74 Å². The van der Waals surface area contributed by atoms with Gasteiger partial charge in [-0.25, -0.2) is 14.7 Å². The lowest BCUT2D eigenvalue weighted by molar-refractivity contribution is 0.00623. The molecule has 0 saturated carbocycles. The zero-order valence-corrected chi connectivity index (χ0v) is 19.3. The summed E-state index contributed by atoms with van der Waals surface area (Å²) in [6, 6.07) is 7.47. The largest absolute Gasteiger partial charge is 0.455 e. The molecule has 1 aliphatic heterocycles. The van der Waals surface area contributed by atoms with Crippen molar-refractivity contribution in [2.45, 2.75) is 39.8 Å². The van der Waals surface area contributed by atoms with Crippen LogP contribution in [0.3, 0.4) is 0 Å². The van der Waals surface area contributed by atoms with Crippen molar-refractivity contribution in [2.24, 2.45) is 0 Å². The fraction of sp³-hybridized carbons (Fsp3) is 0.455. The van der Waals surface area contributed by atoms with E-state index in [9.17, 15) is 9.59 Å². The zero-order chi connectivity index (χ0) is 23.6. The summed E-state index contributed by atoms with van der Waals surface area (Å²) < 4.78 is 6.51. The highest BCUT2D eigenvalue weighted by atomic mass is 16.6. The van der Waals surface area contributed by atoms with Gasteiger partial charge in [-0.2, -0.15) is 9.78 Å². The lowest BCUT2D eigenvalue weighted by Crippen LogP contribution is -2.49. The molecule has 2 aromatic heterocycles. The Morgan fingerprint density at radius 3 is 2.55 bits per heavy atom. The maximum absolute atomic E-state index is 12.9. The van der Waals surface area contributed by atoms with Crippen LogP contribution in [0.2, 0.25) is 0 Å². The third kappa shape index (κ3) is 5.43. The van der Waals surface area contributed by atoms with E-state index < -0.39 is 11.6 Å². The number of aryl methyl sites for hydroxylation is 1. The van der Waals surface area contributed by atoms with Crippen LogP contribution in [0.25, 0.3) is 11.4 Å². The molecule has 1 N–H and O–H groups in total. The fourth-order valence-corrected chi connectivity index (χ4v) is 3.67. The van der Waals surface area contributed by atoms with E-state index >= 15 is 0 Å². The second kappa shape index (κ2) is 9.10. The number of rotatable bonds is 4. The summed E-state index contributed by atoms with van der Waals surface area (Å²) in [5, 5.41) is 18.4. The smallest absolute Gasteiger partial charge is 0.359 e. The Balaban J connectivity index is 1.36. The van der Waals surface area contributed by atoms with Gasteiger partial charge in [-0.15, -0.1) is 5.10 Å². The van der Waals surface area contributed by atoms with Gasteiger partial charge < -0.3 is 9.64 Å². The third-order valence-electron chi connectivity index (χ3n) is 5.30. The molecule has 4 rings (SSSR count). The van der Waals surface area contributed by atoms with Crippen molar-refractivity contribution in [1.82, 2.24) is 40.2 Å². The van der Waals surface area contributed by atoms with Crippen LogP contribution in [0.4, 0.5) is 4.79 Å². The summed E-state index contributed by atoms with van der Waals surface area (Å²) in [5.74, 6) is 0.0942. The van der Waals surface area contributed by atoms with E-state index in [0.717, 1.165) is 23.2 Å². The van der Waals surface area contributed by atoms with E-state index in [1.165, 1.54) is 16.9 Å². The van der Waals surface area contributed by atoms with Gasteiger partial charge in [0.2, 0.25) is 0 Å². The van der Waals surface area contributed by atoms with Gasteiger partial charge in [-0.3, -0.25) is 4.90 Å². The molecule has 1 amide bonds. The SMILES string of the molecule is Cc1ccc(CN2CCN(C(=O)n3ccc(C(=O)OC(C)(C)C)n3)CC2)c(-c2nnn[nH]2)c1. The van der Waals surface area contributed by atoms with Crippen LogP contribution in [0.1, 0.15) is 42.4 Å². The van der Waals surface area contributed by atoms with Gasteiger partial charge in [0.05, 0.1) is 0 Å². The van der Waals surface area contributed by atoms with Crippen LogP contribution < -0.4 is 0 Å². The van der Waals surface area contributed by atoms with Gasteiger partial charge in [0.25, 0.3) is 0 Å². The van der Waals surface area contributed by atoms with Crippen LogP contribution in [0, 0.1) is 6.92 Å². The Morgan fingerprint density at radius 1 is 1.12 bits per heavy atom. The van der Waals surface area contributed by atoms with E-state index in [0.29, 0.717) is 32.0 Å². The number of hydrogen-bond donors (Lipinski definition) is 1. The molecule has 11 heteroatoms. The van der Waals surface area contributed by atoms with Crippen molar-refractivity contribution in [1.29, 1.82) is 0 Å². The molecule has 0 unspecified atom stereocenters. The number of piperazine rings is 1. The third-order valence-corrected chi connectivity index (χ3v) is 5.30. The van der Waals surface area contributed by atoms with Gasteiger partial charge in [0.15, 0.2) is 11.5 Å². The van der Waals surface area contributed by atoms with Crippen molar-refractivity contribution < 1.29 is 14.3 Å². The first-order valence-corrected chi connectivity index (χ1v) is 10.8. The van der Waals surface area contributed by atoms with E-state index in [1.807, 2.05) is 6.92 Å². The van der Waals surface area contributed by atoms with E-state index in [-0.39, 0.29) is 11.7 Å². The summed E-state index contributed by atoms with van der Waals surface area (Å²) in [4.78, 5) is 29.1. The second-order valence-corrected chi connectivity index (χ2v) is 9.10. The van der Waals surface area contributed by atoms with Gasteiger partial charge in [-0.05, 0) is 55.8 Å². The summed E-state index contributed by atoms with van der Waals surface area (Å²) in [6.07, 6.45) is 1.50. The second-order valence-electron chi connectivity index (χ2n) is 9.10. The molecule has 0 aliphatic carbocycles. The number of ether oxygens (including phenoxy) is 1. The summed E-state index contributed by atoms with van der Waals surface area (Å²) in [7, 11) is 0. The molecule has 1 aliphatic rings. The van der Waals surface area contributed by atoms with Crippen LogP contribution >= 0.6 is 0 Å². The molecule has 0 bridgehead atoms. The number of benzene rings is 1. The number of H-pyrrole nitrogens is 1. The molecule has 0 radical (unpaired) electrons. The number of tetrazole rings is 1. The van der Waals surface area contributed by atoms with Crippen LogP contribution in [-0.2, 0) is 11.3 Å². The van der Waals surface area contributed by atoms with Gasteiger partial charge >= 0.3 is 12.0 Å². The van der Waals surface area contributed by atoms with Crippen molar-refractivity contribution >= 4 is 12.0 Å². The van der Waals surface area contributed by atoms with E-state index in [1.54, 1.807) is 25.7 Å². The normalized spacial score (nSPS) is 15.0. The number of nitrogens with zero attached hydrogens (tertiary/aromatic N) is 7. The Bertz CT molecular complexity index is 1120. The predicted octanol–water partition coefficient (Wildman–Crippen LogP) is 2.11. The van der Waals surface area contributed by atoms with Gasteiger partial charge in [-0.1, -0.05) is 17.7 Å². The minimum atomic E-state index is -0.623. The van der Waals surface area contributed by atoms with Crippen LogP contribution in [-0.4, -0.2) is 84.0 Å². The van der Waals surface area contributed by atoms with Crippen LogP contribution in [0.5, 0.6) is 0 Å². The predicted molar refractivity (Wildman–Crippen MR) is 119 cm³/mol. The molecule has 11 nitrogen and oxygen atoms in total. The zero-order valence-electron chi connectivity index (χ0n) is 19.3. The maximum Gasteiger partial charge on any atom is 0.359 e. The first kappa shape index (κ1) is 22.6. The average molecular weight is 453 g/mol. The summed E-state index contributed by atoms with van der Waals surface area (Å²) in [6.45, 7) is 10.7. The highest BCUT2D eigenvalue weighted by Crippen LogP contribution is 2.23. The highest BCUT2D eigenvalue weighted by molar-refractivity contribution is 5.88. The lowest BCUT2D eigenvalue weighted by Gasteiger charge is -2.34. The van der Waals surface area contributed by atoms with Crippen LogP contribution in [0.15, 0.2) is 30.5 Å². The standard InChI is InChI=1S/C22H28N8O3/c1-15-5-6-16(17(13-15)19-23-26-27-24-19)14-28-9-11-29(12-10-28)21(32)30-8-7-18(25-30)20(31)33-22(2,3)4/h5-8,13H,9-12,14H2,1-4H3,(H,23,24,26,27). The quantitative estimate of drug-likeness (QED) is 0.597. The number of carbonyl (C=O) groups is 2. The number of esters is 1. The number of amides is 1. The number of hydrogen-bond acceptors (Lipinski definition) is 8. The molecular weight excluding hydrogens is 424 g/mol. The molecule has 0 atom stereocenters. The first-order chi connectivity index (χ1) is 15.7. The van der Waals surface area contributed by atoms with Crippen molar-refractivity contribution in [3.8, 4) is 11.4 Å². The minimum Gasteiger partial charge on any atom is -0.455 e. The molecule has 0 spiro atoms. The average Bonchev–Trinajstić information content (AvgIpc) is 3.46. The first-order valence-electron chi connectivity index (χ1n) is 10.8. The van der Waals surface area contributed by atoms with E-state index in [2.05, 4.69) is 48.8 Å². The molecule has 33 heavy (non-hydrogen) atoms. The topological polar surface area (TPSA) is 122 Å². The summed E-state index contributed by atoms with van der Waals surface area (Å²) >= 11 is 0. The van der Waals surface area contributed by atoms with Crippen molar-refractivity contribution in [3.63, 3.8) is 0 Å². The molecule has 1 aromatic carbocycles. The number of nitrogens with one attached hydrogen (secondary N) is 1. The molecule has 1 saturated heterocycles.